The van der Waals surface area contributed by atoms with Gasteiger partial charge < -0.3 is 20.5 Å². The minimum absolute atomic E-state index is 0.00647. The van der Waals surface area contributed by atoms with Gasteiger partial charge in [-0.05, 0) is 37.8 Å². The molecule has 3 N–H and O–H groups in total. The molecule has 0 aromatic heterocycles. The maximum Gasteiger partial charge on any atom is 0.308 e. The van der Waals surface area contributed by atoms with Gasteiger partial charge in [0.15, 0.2) is 0 Å². The highest BCUT2D eigenvalue weighted by atomic mass is 16.5. The van der Waals surface area contributed by atoms with Gasteiger partial charge in [-0.3, -0.25) is 9.59 Å². The second-order valence-electron chi connectivity index (χ2n) is 6.86. The lowest BCUT2D eigenvalue weighted by molar-refractivity contribution is -0.143. The van der Waals surface area contributed by atoms with Crippen molar-refractivity contribution >= 4 is 11.9 Å². The van der Waals surface area contributed by atoms with Gasteiger partial charge in [-0.15, -0.1) is 0 Å². The van der Waals surface area contributed by atoms with Crippen LogP contribution in [0.5, 0.6) is 0 Å². The number of hydrogen-bond acceptors (Lipinski definition) is 4. The number of carbonyl (C=O) groups is 2. The fourth-order valence-corrected chi connectivity index (χ4v) is 2.43. The van der Waals surface area contributed by atoms with Crippen molar-refractivity contribution in [2.24, 2.45) is 11.3 Å². The van der Waals surface area contributed by atoms with E-state index in [1.165, 1.54) is 0 Å². The third-order valence-electron chi connectivity index (χ3n) is 3.49. The van der Waals surface area contributed by atoms with Crippen molar-refractivity contribution in [3.63, 3.8) is 0 Å². The summed E-state index contributed by atoms with van der Waals surface area (Å²) in [5, 5.41) is 15.1. The van der Waals surface area contributed by atoms with Gasteiger partial charge in [0.25, 0.3) is 0 Å². The van der Waals surface area contributed by atoms with Crippen LogP contribution in [0, 0.1) is 11.3 Å². The van der Waals surface area contributed by atoms with Crippen LogP contribution in [-0.2, 0) is 14.3 Å². The molecule has 0 saturated carbocycles. The van der Waals surface area contributed by atoms with E-state index in [1.807, 2.05) is 20.8 Å². The minimum atomic E-state index is -0.871. The summed E-state index contributed by atoms with van der Waals surface area (Å²) in [5.41, 5.74) is -0.0839. The molecule has 1 aliphatic rings. The Morgan fingerprint density at radius 3 is 2.48 bits per heavy atom. The molecular formula is C15H28N2O4. The molecular weight excluding hydrogens is 272 g/mol. The standard InChI is InChI=1S/C15H28N2O4/c1-15(2,3)8-11(14(19)20)9-17-13(18)10-21-12-4-6-16-7-5-12/h11-12,16H,4-10H2,1-3H3,(H,17,18)(H,19,20). The van der Waals surface area contributed by atoms with Gasteiger partial charge in [0.1, 0.15) is 6.61 Å². The molecule has 0 radical (unpaired) electrons. The number of aliphatic carboxylic acids is 1. The van der Waals surface area contributed by atoms with Crippen molar-refractivity contribution in [2.45, 2.75) is 46.1 Å². The molecule has 1 rings (SSSR count). The molecule has 1 amide bonds. The topological polar surface area (TPSA) is 87.7 Å². The van der Waals surface area contributed by atoms with E-state index < -0.39 is 11.9 Å². The first-order chi connectivity index (χ1) is 9.78. The summed E-state index contributed by atoms with van der Waals surface area (Å²) in [6, 6.07) is 0. The molecule has 0 aliphatic carbocycles. The Bertz CT molecular complexity index is 346. The lowest BCUT2D eigenvalue weighted by Gasteiger charge is -2.24. The maximum absolute atomic E-state index is 11.7. The maximum atomic E-state index is 11.7. The van der Waals surface area contributed by atoms with Crippen molar-refractivity contribution in [1.82, 2.24) is 10.6 Å². The van der Waals surface area contributed by atoms with Gasteiger partial charge >= 0.3 is 5.97 Å². The van der Waals surface area contributed by atoms with E-state index in [-0.39, 0.29) is 30.6 Å². The van der Waals surface area contributed by atoms with Gasteiger partial charge in [-0.1, -0.05) is 20.8 Å². The quantitative estimate of drug-likeness (QED) is 0.653. The zero-order valence-electron chi connectivity index (χ0n) is 13.3. The smallest absolute Gasteiger partial charge is 0.308 e. The van der Waals surface area contributed by atoms with E-state index in [1.54, 1.807) is 0 Å². The van der Waals surface area contributed by atoms with Crippen LogP contribution >= 0.6 is 0 Å². The van der Waals surface area contributed by atoms with Crippen LogP contribution < -0.4 is 10.6 Å². The summed E-state index contributed by atoms with van der Waals surface area (Å²) >= 11 is 0. The monoisotopic (exact) mass is 300 g/mol. The first-order valence-corrected chi connectivity index (χ1v) is 7.60. The van der Waals surface area contributed by atoms with Crippen LogP contribution in [0.3, 0.4) is 0 Å². The molecule has 6 heteroatoms. The average Bonchev–Trinajstić information content (AvgIpc) is 2.41. The number of carboxylic acid groups (broad SMARTS) is 1. The Morgan fingerprint density at radius 2 is 1.95 bits per heavy atom. The molecule has 6 nitrogen and oxygen atoms in total. The number of rotatable bonds is 7. The van der Waals surface area contributed by atoms with Crippen LogP contribution in [0.25, 0.3) is 0 Å². The molecule has 1 saturated heterocycles. The highest BCUT2D eigenvalue weighted by molar-refractivity contribution is 5.78. The predicted octanol–water partition coefficient (Wildman–Crippen LogP) is 1.01. The Labute approximate surface area is 126 Å². The van der Waals surface area contributed by atoms with Crippen molar-refractivity contribution in [3.8, 4) is 0 Å². The molecule has 0 aromatic rings. The Hall–Kier alpha value is -1.14. The molecule has 1 atom stereocenters. The first kappa shape index (κ1) is 17.9. The number of hydrogen-bond donors (Lipinski definition) is 3. The molecule has 0 spiro atoms. The van der Waals surface area contributed by atoms with E-state index in [4.69, 9.17) is 4.74 Å². The minimum Gasteiger partial charge on any atom is -0.481 e. The Kier molecular flexibility index (Phi) is 7.11. The van der Waals surface area contributed by atoms with E-state index in [2.05, 4.69) is 10.6 Å². The summed E-state index contributed by atoms with van der Waals surface area (Å²) in [4.78, 5) is 22.9. The highest BCUT2D eigenvalue weighted by Gasteiger charge is 2.25. The molecule has 122 valence electrons. The summed E-state index contributed by atoms with van der Waals surface area (Å²) in [7, 11) is 0. The first-order valence-electron chi connectivity index (χ1n) is 7.60. The number of carbonyl (C=O) groups excluding carboxylic acids is 1. The normalized spacial score (nSPS) is 18.2. The third kappa shape index (κ3) is 8.02. The molecule has 1 unspecified atom stereocenters. The van der Waals surface area contributed by atoms with Gasteiger partial charge in [0.2, 0.25) is 5.91 Å². The Balaban J connectivity index is 2.27. The van der Waals surface area contributed by atoms with Crippen molar-refractivity contribution in [1.29, 1.82) is 0 Å². The number of ether oxygens (including phenoxy) is 1. The average molecular weight is 300 g/mol. The summed E-state index contributed by atoms with van der Waals surface area (Å²) in [6.45, 7) is 7.96. The lowest BCUT2D eigenvalue weighted by atomic mass is 9.84. The Morgan fingerprint density at radius 1 is 1.33 bits per heavy atom. The van der Waals surface area contributed by atoms with Crippen molar-refractivity contribution in [3.05, 3.63) is 0 Å². The van der Waals surface area contributed by atoms with Crippen LogP contribution in [0.4, 0.5) is 0 Å². The van der Waals surface area contributed by atoms with Gasteiger partial charge in [-0.25, -0.2) is 0 Å². The van der Waals surface area contributed by atoms with E-state index >= 15 is 0 Å². The summed E-state index contributed by atoms with van der Waals surface area (Å²) in [6.07, 6.45) is 2.48. The largest absolute Gasteiger partial charge is 0.481 e. The fraction of sp³-hybridized carbons (Fsp3) is 0.867. The SMILES string of the molecule is CC(C)(C)CC(CNC(=O)COC1CCNCC1)C(=O)O. The molecule has 0 aromatic carbocycles. The van der Waals surface area contributed by atoms with E-state index in [0.717, 1.165) is 25.9 Å². The van der Waals surface area contributed by atoms with E-state index in [9.17, 15) is 14.7 Å². The lowest BCUT2D eigenvalue weighted by Crippen LogP contribution is -2.39. The van der Waals surface area contributed by atoms with Crippen LogP contribution in [0.15, 0.2) is 0 Å². The van der Waals surface area contributed by atoms with E-state index in [0.29, 0.717) is 6.42 Å². The summed E-state index contributed by atoms with van der Waals surface area (Å²) in [5.74, 6) is -1.67. The highest BCUT2D eigenvalue weighted by Crippen LogP contribution is 2.24. The second kappa shape index (κ2) is 8.34. The summed E-state index contributed by atoms with van der Waals surface area (Å²) < 4.78 is 5.54. The second-order valence-corrected chi connectivity index (χ2v) is 6.86. The number of nitrogens with one attached hydrogen (secondary N) is 2. The van der Waals surface area contributed by atoms with Crippen LogP contribution in [-0.4, -0.2) is 49.3 Å². The van der Waals surface area contributed by atoms with Gasteiger partial charge in [0, 0.05) is 6.54 Å². The zero-order chi connectivity index (χ0) is 15.9. The van der Waals surface area contributed by atoms with Crippen molar-refractivity contribution in [2.75, 3.05) is 26.2 Å². The fourth-order valence-electron chi connectivity index (χ4n) is 2.43. The molecule has 0 bridgehead atoms. The predicted molar refractivity (Wildman–Crippen MR) is 80.1 cm³/mol. The van der Waals surface area contributed by atoms with Crippen molar-refractivity contribution < 1.29 is 19.4 Å². The molecule has 1 aliphatic heterocycles. The molecule has 21 heavy (non-hydrogen) atoms. The number of amides is 1. The number of carboxylic acids is 1. The number of piperidine rings is 1. The zero-order valence-corrected chi connectivity index (χ0v) is 13.3. The van der Waals surface area contributed by atoms with Crippen LogP contribution in [0.1, 0.15) is 40.0 Å². The molecule has 1 heterocycles. The van der Waals surface area contributed by atoms with Gasteiger partial charge in [-0.2, -0.15) is 0 Å². The third-order valence-corrected chi connectivity index (χ3v) is 3.49. The molecule has 1 fully saturated rings. The van der Waals surface area contributed by atoms with Gasteiger partial charge in [0.05, 0.1) is 12.0 Å². The van der Waals surface area contributed by atoms with Crippen LogP contribution in [0.2, 0.25) is 0 Å².